The van der Waals surface area contributed by atoms with Crippen molar-refractivity contribution in [3.05, 3.63) is 35.7 Å². The van der Waals surface area contributed by atoms with Crippen molar-refractivity contribution < 1.29 is 18.0 Å². The number of fused-ring (bicyclic) bond motifs is 1. The van der Waals surface area contributed by atoms with Gasteiger partial charge in [0, 0.05) is 29.5 Å². The van der Waals surface area contributed by atoms with E-state index in [1.165, 1.54) is 18.5 Å². The molecule has 8 nitrogen and oxygen atoms in total. The lowest BCUT2D eigenvalue weighted by atomic mass is 10.2. The Morgan fingerprint density at radius 2 is 2.17 bits per heavy atom. The first-order valence-corrected chi connectivity index (χ1v) is 8.58. The number of pyridine rings is 1. The fraction of sp³-hybridized carbons (Fsp3) is 0.235. The molecule has 0 aliphatic carbocycles. The van der Waals surface area contributed by atoms with Gasteiger partial charge in [0.05, 0.1) is 17.5 Å². The van der Waals surface area contributed by atoms with Gasteiger partial charge < -0.3 is 15.6 Å². The van der Waals surface area contributed by atoms with Crippen molar-refractivity contribution in [3.8, 4) is 17.5 Å². The number of aromatic nitrogens is 4. The normalized spacial score (nSPS) is 12.4. The predicted molar refractivity (Wildman–Crippen MR) is 98.8 cm³/mol. The van der Waals surface area contributed by atoms with Crippen molar-refractivity contribution in [1.82, 2.24) is 25.3 Å². The minimum atomic E-state index is -4.56. The Balaban J connectivity index is 1.83. The third-order valence-corrected chi connectivity index (χ3v) is 4.00. The van der Waals surface area contributed by atoms with Crippen molar-refractivity contribution in [3.63, 3.8) is 0 Å². The summed E-state index contributed by atoms with van der Waals surface area (Å²) in [5.41, 5.74) is 1.16. The van der Waals surface area contributed by atoms with Crippen LogP contribution in [0.2, 0.25) is 5.02 Å². The number of nitrogens with zero attached hydrogens (tertiary/aromatic N) is 4. The maximum absolute atomic E-state index is 12.3. The lowest BCUT2D eigenvalue weighted by Crippen LogP contribution is -2.43. The molecule has 3 rings (SSSR count). The number of alkyl halides is 3. The molecule has 29 heavy (non-hydrogen) atoms. The van der Waals surface area contributed by atoms with Gasteiger partial charge in [-0.05, 0) is 12.1 Å². The van der Waals surface area contributed by atoms with Gasteiger partial charge in [-0.15, -0.1) is 0 Å². The summed E-state index contributed by atoms with van der Waals surface area (Å²) in [6, 6.07) is 3.66. The Hall–Kier alpha value is -3.39. The fourth-order valence-electron chi connectivity index (χ4n) is 2.52. The molecule has 1 amide bonds. The van der Waals surface area contributed by atoms with E-state index in [9.17, 15) is 18.0 Å². The highest BCUT2D eigenvalue weighted by molar-refractivity contribution is 6.31. The zero-order chi connectivity index (χ0) is 21.0. The van der Waals surface area contributed by atoms with E-state index in [4.69, 9.17) is 16.9 Å². The van der Waals surface area contributed by atoms with Gasteiger partial charge in [0.15, 0.2) is 5.82 Å². The van der Waals surface area contributed by atoms with Gasteiger partial charge in [-0.25, -0.2) is 15.0 Å². The SMILES string of the molecule is N#CC[C@H](Nc1ccnc(-c2c[nH]c3ncc(Cl)cc23)n1)C(=O)NCC(F)(F)F. The first kappa shape index (κ1) is 20.3. The lowest BCUT2D eigenvalue weighted by Gasteiger charge is -2.17. The molecule has 0 aliphatic rings. The third kappa shape index (κ3) is 5.11. The summed E-state index contributed by atoms with van der Waals surface area (Å²) >= 11 is 5.98. The van der Waals surface area contributed by atoms with E-state index >= 15 is 0 Å². The number of nitriles is 1. The zero-order valence-corrected chi connectivity index (χ0v) is 15.3. The summed E-state index contributed by atoms with van der Waals surface area (Å²) in [6.45, 7) is -1.49. The number of halogens is 4. The van der Waals surface area contributed by atoms with E-state index in [0.29, 0.717) is 21.6 Å². The van der Waals surface area contributed by atoms with E-state index < -0.39 is 24.7 Å². The third-order valence-electron chi connectivity index (χ3n) is 3.79. The van der Waals surface area contributed by atoms with Crippen LogP contribution in [0.15, 0.2) is 30.7 Å². The summed E-state index contributed by atoms with van der Waals surface area (Å²) in [4.78, 5) is 27.6. The molecule has 0 unspecified atom stereocenters. The Morgan fingerprint density at radius 3 is 2.90 bits per heavy atom. The number of anilines is 1. The molecule has 0 spiro atoms. The molecule has 3 heterocycles. The number of rotatable bonds is 6. The van der Waals surface area contributed by atoms with Crippen LogP contribution in [0.5, 0.6) is 0 Å². The van der Waals surface area contributed by atoms with Crippen molar-refractivity contribution in [2.45, 2.75) is 18.6 Å². The molecular weight excluding hydrogens is 411 g/mol. The Morgan fingerprint density at radius 1 is 1.38 bits per heavy atom. The smallest absolute Gasteiger partial charge is 0.357 e. The molecule has 0 saturated heterocycles. The summed E-state index contributed by atoms with van der Waals surface area (Å²) in [5, 5.41) is 14.4. The van der Waals surface area contributed by atoms with Gasteiger partial charge in [0.25, 0.3) is 0 Å². The Kier molecular flexibility index (Phi) is 5.84. The molecule has 3 aromatic heterocycles. The minimum Gasteiger partial charge on any atom is -0.357 e. The highest BCUT2D eigenvalue weighted by atomic mass is 35.5. The maximum atomic E-state index is 12.3. The molecule has 12 heteroatoms. The number of nitrogens with one attached hydrogen (secondary N) is 3. The Bertz CT molecular complexity index is 1080. The molecule has 0 fully saturated rings. The summed E-state index contributed by atoms with van der Waals surface area (Å²) in [7, 11) is 0. The first-order valence-electron chi connectivity index (χ1n) is 8.21. The quantitative estimate of drug-likeness (QED) is 0.560. The van der Waals surface area contributed by atoms with E-state index in [0.717, 1.165) is 0 Å². The average Bonchev–Trinajstić information content (AvgIpc) is 3.08. The van der Waals surface area contributed by atoms with Crippen LogP contribution in [0.4, 0.5) is 19.0 Å². The second-order valence-corrected chi connectivity index (χ2v) is 6.35. The second-order valence-electron chi connectivity index (χ2n) is 5.91. The van der Waals surface area contributed by atoms with E-state index in [-0.39, 0.29) is 18.1 Å². The van der Waals surface area contributed by atoms with E-state index in [1.54, 1.807) is 23.6 Å². The highest BCUT2D eigenvalue weighted by Gasteiger charge is 2.29. The van der Waals surface area contributed by atoms with Crippen LogP contribution >= 0.6 is 11.6 Å². The molecule has 3 N–H and O–H groups in total. The lowest BCUT2D eigenvalue weighted by molar-refractivity contribution is -0.138. The van der Waals surface area contributed by atoms with Crippen LogP contribution in [0.25, 0.3) is 22.4 Å². The van der Waals surface area contributed by atoms with Crippen LogP contribution in [-0.2, 0) is 4.79 Å². The molecule has 0 aromatic carbocycles. The average molecular weight is 424 g/mol. The van der Waals surface area contributed by atoms with Crippen LogP contribution in [-0.4, -0.2) is 44.6 Å². The van der Waals surface area contributed by atoms with Crippen LogP contribution in [0.1, 0.15) is 6.42 Å². The molecule has 3 aromatic rings. The molecule has 0 aliphatic heterocycles. The van der Waals surface area contributed by atoms with Crippen molar-refractivity contribution in [2.24, 2.45) is 0 Å². The van der Waals surface area contributed by atoms with Crippen LogP contribution < -0.4 is 10.6 Å². The van der Waals surface area contributed by atoms with Crippen molar-refractivity contribution in [1.29, 1.82) is 5.26 Å². The number of aromatic amines is 1. The summed E-state index contributed by atoms with van der Waals surface area (Å²) in [6.07, 6.45) is -0.376. The van der Waals surface area contributed by atoms with Gasteiger partial charge in [-0.2, -0.15) is 18.4 Å². The Labute approximate surface area is 167 Å². The standard InChI is InChI=1S/C17H13ClF3N7O/c18-9-5-10-11(7-25-14(10)24-6-9)15-23-4-2-13(28-15)27-12(1-3-22)16(29)26-8-17(19,20)21/h2,4-7,12H,1,8H2,(H,24,25)(H,26,29)(H,23,27,28)/t12-/m0/s1. The van der Waals surface area contributed by atoms with Gasteiger partial charge >= 0.3 is 6.18 Å². The van der Waals surface area contributed by atoms with Crippen LogP contribution in [0.3, 0.4) is 0 Å². The van der Waals surface area contributed by atoms with Crippen LogP contribution in [0, 0.1) is 11.3 Å². The number of hydrogen-bond acceptors (Lipinski definition) is 6. The van der Waals surface area contributed by atoms with Gasteiger partial charge in [0.1, 0.15) is 24.1 Å². The maximum Gasteiger partial charge on any atom is 0.405 e. The first-order chi connectivity index (χ1) is 13.8. The molecule has 0 bridgehead atoms. The highest BCUT2D eigenvalue weighted by Crippen LogP contribution is 2.27. The predicted octanol–water partition coefficient (Wildman–Crippen LogP) is 3.05. The van der Waals surface area contributed by atoms with Gasteiger partial charge in [0.2, 0.25) is 5.91 Å². The molecular formula is C17H13ClF3N7O. The number of H-pyrrole nitrogens is 1. The van der Waals surface area contributed by atoms with Gasteiger partial charge in [-0.1, -0.05) is 11.6 Å². The van der Waals surface area contributed by atoms with Crippen molar-refractivity contribution in [2.75, 3.05) is 11.9 Å². The number of carbonyl (C=O) groups excluding carboxylic acids is 1. The molecule has 0 radical (unpaired) electrons. The van der Waals surface area contributed by atoms with Gasteiger partial charge in [-0.3, -0.25) is 4.79 Å². The molecule has 150 valence electrons. The summed E-state index contributed by atoms with van der Waals surface area (Å²) < 4.78 is 37.0. The van der Waals surface area contributed by atoms with Crippen molar-refractivity contribution >= 4 is 34.4 Å². The van der Waals surface area contributed by atoms with E-state index in [1.807, 2.05) is 0 Å². The molecule has 1 atom stereocenters. The zero-order valence-electron chi connectivity index (χ0n) is 14.6. The second kappa shape index (κ2) is 8.32. The monoisotopic (exact) mass is 423 g/mol. The molecule has 0 saturated carbocycles. The topological polar surface area (TPSA) is 119 Å². The number of carbonyl (C=O) groups is 1. The summed E-state index contributed by atoms with van der Waals surface area (Å²) in [5.74, 6) is -0.523. The number of hydrogen-bond donors (Lipinski definition) is 3. The number of amides is 1. The fourth-order valence-corrected chi connectivity index (χ4v) is 2.68. The minimum absolute atomic E-state index is 0.168. The van der Waals surface area contributed by atoms with E-state index in [2.05, 4.69) is 25.3 Å². The largest absolute Gasteiger partial charge is 0.405 e.